The largest absolute Gasteiger partial charge is 0.490 e. The number of hydrogen-bond donors (Lipinski definition) is 2. The van der Waals surface area contributed by atoms with Gasteiger partial charge in [0.1, 0.15) is 0 Å². The topological polar surface area (TPSA) is 118 Å². The molecule has 15 heteroatoms. The van der Waals surface area contributed by atoms with E-state index < -0.39 is 24.3 Å². The summed E-state index contributed by atoms with van der Waals surface area (Å²) < 4.78 is 71.8. The first-order valence-electron chi connectivity index (χ1n) is 12.0. The molecule has 1 fully saturated rings. The third kappa shape index (κ3) is 11.2. The lowest BCUT2D eigenvalue weighted by atomic mass is 10.1. The number of nitrogens with zero attached hydrogens (tertiary/aromatic N) is 4. The van der Waals surface area contributed by atoms with E-state index in [4.69, 9.17) is 24.5 Å². The Morgan fingerprint density at radius 3 is 2.18 bits per heavy atom. The molecule has 9 nitrogen and oxygen atoms in total. The second kappa shape index (κ2) is 14.3. The molecule has 1 unspecified atom stereocenters. The van der Waals surface area contributed by atoms with E-state index in [9.17, 15) is 26.3 Å². The predicted molar refractivity (Wildman–Crippen MR) is 125 cm³/mol. The van der Waals surface area contributed by atoms with Crippen molar-refractivity contribution in [3.05, 3.63) is 47.8 Å². The second-order valence-corrected chi connectivity index (χ2v) is 9.18. The van der Waals surface area contributed by atoms with E-state index in [-0.39, 0.29) is 0 Å². The summed E-state index contributed by atoms with van der Waals surface area (Å²) in [4.78, 5) is 29.3. The Labute approximate surface area is 220 Å². The number of pyridine rings is 1. The van der Waals surface area contributed by atoms with Crippen LogP contribution in [0, 0.1) is 12.8 Å². The molecule has 1 aliphatic heterocycles. The van der Waals surface area contributed by atoms with Crippen LogP contribution in [-0.2, 0) is 27.5 Å². The van der Waals surface area contributed by atoms with Crippen molar-refractivity contribution in [2.24, 2.45) is 5.92 Å². The number of carbonyl (C=O) groups is 2. The molecule has 0 aromatic carbocycles. The Bertz CT molecular complexity index is 1050. The highest BCUT2D eigenvalue weighted by atomic mass is 19.4. The van der Waals surface area contributed by atoms with Crippen molar-refractivity contribution >= 4 is 11.9 Å². The van der Waals surface area contributed by atoms with E-state index in [0.717, 1.165) is 30.4 Å². The number of aryl methyl sites for hydroxylation is 1. The number of hydrogen-bond acceptors (Lipinski definition) is 6. The van der Waals surface area contributed by atoms with Gasteiger partial charge >= 0.3 is 24.3 Å². The van der Waals surface area contributed by atoms with E-state index in [1.54, 1.807) is 0 Å². The highest BCUT2D eigenvalue weighted by Gasteiger charge is 2.39. The molecule has 0 spiro atoms. The van der Waals surface area contributed by atoms with Gasteiger partial charge in [-0.15, -0.1) is 0 Å². The summed E-state index contributed by atoms with van der Waals surface area (Å²) in [7, 11) is 0. The van der Waals surface area contributed by atoms with Crippen molar-refractivity contribution < 1.29 is 50.9 Å². The number of halogens is 6. The Hall–Kier alpha value is -3.20. The van der Waals surface area contributed by atoms with E-state index in [2.05, 4.69) is 19.4 Å². The van der Waals surface area contributed by atoms with Gasteiger partial charge in [-0.1, -0.05) is 18.9 Å². The SMILES string of the molecule is Cc1cccc(COCC2CN(CC3CCCC3)Cc3cncn32)n1.O=C(O)C(F)(F)F.O=C(O)C(F)(F)F. The molecule has 0 bridgehead atoms. The first-order chi connectivity index (χ1) is 18.2. The van der Waals surface area contributed by atoms with Crippen molar-refractivity contribution in [3.63, 3.8) is 0 Å². The van der Waals surface area contributed by atoms with Crippen LogP contribution >= 0.6 is 0 Å². The lowest BCUT2D eigenvalue weighted by Gasteiger charge is -2.35. The fraction of sp³-hybridized carbons (Fsp3) is 0.583. The first kappa shape index (κ1) is 32.0. The van der Waals surface area contributed by atoms with Crippen molar-refractivity contribution in [3.8, 4) is 0 Å². The van der Waals surface area contributed by atoms with Gasteiger partial charge in [-0.3, -0.25) is 9.88 Å². The first-order valence-corrected chi connectivity index (χ1v) is 12.0. The minimum atomic E-state index is -5.08. The molecule has 1 aliphatic carbocycles. The molecule has 4 rings (SSSR count). The zero-order valence-corrected chi connectivity index (χ0v) is 21.1. The fourth-order valence-corrected chi connectivity index (χ4v) is 4.27. The van der Waals surface area contributed by atoms with Gasteiger partial charge in [0.25, 0.3) is 0 Å². The van der Waals surface area contributed by atoms with Crippen molar-refractivity contribution in [2.75, 3.05) is 19.7 Å². The maximum Gasteiger partial charge on any atom is 0.490 e. The number of ether oxygens (including phenoxy) is 1. The number of imidazole rings is 1. The van der Waals surface area contributed by atoms with E-state index in [0.29, 0.717) is 19.3 Å². The summed E-state index contributed by atoms with van der Waals surface area (Å²) >= 11 is 0. The third-order valence-electron chi connectivity index (χ3n) is 5.98. The van der Waals surface area contributed by atoms with Gasteiger partial charge < -0.3 is 19.5 Å². The molecule has 39 heavy (non-hydrogen) atoms. The smallest absolute Gasteiger partial charge is 0.475 e. The number of carboxylic acid groups (broad SMARTS) is 2. The van der Waals surface area contributed by atoms with Gasteiger partial charge in [-0.2, -0.15) is 26.3 Å². The lowest BCUT2D eigenvalue weighted by Crippen LogP contribution is -2.40. The number of aliphatic carboxylic acids is 2. The molecule has 3 heterocycles. The standard InChI is InChI=1S/C20H28N4O.2C2HF3O2/c1-16-5-4-8-18(22-16)13-25-14-20-12-23(10-17-6-2-3-7-17)11-19-9-21-15-24(19)20;2*3-2(4,5)1(6)7/h4-5,8-9,15,17,20H,2-3,6-7,10-14H2,1H3;2*(H,6,7). The van der Waals surface area contributed by atoms with Crippen molar-refractivity contribution in [1.29, 1.82) is 0 Å². The van der Waals surface area contributed by atoms with Crippen LogP contribution in [0.3, 0.4) is 0 Å². The third-order valence-corrected chi connectivity index (χ3v) is 5.98. The van der Waals surface area contributed by atoms with Crippen molar-refractivity contribution in [1.82, 2.24) is 19.4 Å². The minimum Gasteiger partial charge on any atom is -0.475 e. The molecule has 0 amide bonds. The maximum atomic E-state index is 10.6. The quantitative estimate of drug-likeness (QED) is 0.485. The number of fused-ring (bicyclic) bond motifs is 1. The van der Waals surface area contributed by atoms with Crippen LogP contribution in [0.1, 0.15) is 48.8 Å². The Balaban J connectivity index is 0.000000317. The fourth-order valence-electron chi connectivity index (χ4n) is 4.27. The van der Waals surface area contributed by atoms with Crippen LogP contribution in [0.5, 0.6) is 0 Å². The summed E-state index contributed by atoms with van der Waals surface area (Å²) in [5, 5.41) is 14.2. The average molecular weight is 569 g/mol. The molecular formula is C24H30F6N4O5. The number of rotatable bonds is 6. The van der Waals surface area contributed by atoms with Gasteiger partial charge in [-0.05, 0) is 37.8 Å². The number of alkyl halides is 6. The summed E-state index contributed by atoms with van der Waals surface area (Å²) in [5.74, 6) is -4.63. The molecule has 1 saturated carbocycles. The molecule has 218 valence electrons. The van der Waals surface area contributed by atoms with Crippen LogP contribution in [0.25, 0.3) is 0 Å². The molecule has 2 N–H and O–H groups in total. The molecule has 0 saturated heterocycles. The maximum absolute atomic E-state index is 10.6. The minimum absolute atomic E-state index is 0.345. The van der Waals surface area contributed by atoms with Gasteiger partial charge in [0.05, 0.1) is 37.0 Å². The summed E-state index contributed by atoms with van der Waals surface area (Å²) in [6.07, 6.45) is -0.581. The summed E-state index contributed by atoms with van der Waals surface area (Å²) in [6.45, 7) is 6.60. The van der Waals surface area contributed by atoms with E-state index >= 15 is 0 Å². The number of aromatic nitrogens is 3. The van der Waals surface area contributed by atoms with Crippen LogP contribution in [0.2, 0.25) is 0 Å². The highest BCUT2D eigenvalue weighted by molar-refractivity contribution is 5.73. The number of carboxylic acids is 2. The summed E-state index contributed by atoms with van der Waals surface area (Å²) in [5.41, 5.74) is 3.36. The monoisotopic (exact) mass is 568 g/mol. The van der Waals surface area contributed by atoms with Crippen LogP contribution in [0.15, 0.2) is 30.7 Å². The Morgan fingerprint density at radius 2 is 1.64 bits per heavy atom. The average Bonchev–Trinajstić information content (AvgIpc) is 3.51. The molecular weight excluding hydrogens is 538 g/mol. The normalized spacial score (nSPS) is 17.9. The van der Waals surface area contributed by atoms with E-state index in [1.807, 2.05) is 37.6 Å². The molecule has 0 radical (unpaired) electrons. The lowest BCUT2D eigenvalue weighted by molar-refractivity contribution is -0.193. The van der Waals surface area contributed by atoms with Crippen LogP contribution in [0.4, 0.5) is 26.3 Å². The molecule has 1 atom stereocenters. The Kier molecular flexibility index (Phi) is 11.7. The van der Waals surface area contributed by atoms with Crippen LogP contribution < -0.4 is 0 Å². The predicted octanol–water partition coefficient (Wildman–Crippen LogP) is 4.62. The molecule has 2 aromatic rings. The molecule has 2 aromatic heterocycles. The van der Waals surface area contributed by atoms with Gasteiger partial charge in [0.15, 0.2) is 0 Å². The van der Waals surface area contributed by atoms with Gasteiger partial charge in [-0.25, -0.2) is 14.6 Å². The van der Waals surface area contributed by atoms with E-state index in [1.165, 1.54) is 37.9 Å². The van der Waals surface area contributed by atoms with Crippen molar-refractivity contribution in [2.45, 2.75) is 64.2 Å². The molecule has 2 aliphatic rings. The Morgan fingerprint density at radius 1 is 1.05 bits per heavy atom. The highest BCUT2D eigenvalue weighted by Crippen LogP contribution is 2.29. The summed E-state index contributed by atoms with van der Waals surface area (Å²) in [6, 6.07) is 6.43. The van der Waals surface area contributed by atoms with Crippen LogP contribution in [-0.4, -0.2) is 73.6 Å². The second-order valence-electron chi connectivity index (χ2n) is 9.18. The van der Waals surface area contributed by atoms with Gasteiger partial charge in [0.2, 0.25) is 0 Å². The zero-order valence-electron chi connectivity index (χ0n) is 21.1. The van der Waals surface area contributed by atoms with Gasteiger partial charge in [0, 0.05) is 31.5 Å². The zero-order chi connectivity index (χ0) is 29.2.